The topological polar surface area (TPSA) is 34.9 Å². The molecule has 0 N–H and O–H groups in total. The predicted molar refractivity (Wildman–Crippen MR) is 111 cm³/mol. The van der Waals surface area contributed by atoms with E-state index in [0.29, 0.717) is 0 Å². The van der Waals surface area contributed by atoms with E-state index in [0.717, 1.165) is 39.8 Å². The molecule has 0 unspecified atom stereocenters. The molecule has 0 aliphatic heterocycles. The SMILES string of the molecule is CCCCSc1cnn(-c2ccccc2)c(=O)c1SCc1ccccc1. The van der Waals surface area contributed by atoms with E-state index < -0.39 is 0 Å². The lowest BCUT2D eigenvalue weighted by Crippen LogP contribution is -2.23. The van der Waals surface area contributed by atoms with Gasteiger partial charge >= 0.3 is 0 Å². The monoisotopic (exact) mass is 382 g/mol. The lowest BCUT2D eigenvalue weighted by molar-refractivity contribution is 0.755. The molecule has 0 aliphatic carbocycles. The maximum absolute atomic E-state index is 13.1. The first kappa shape index (κ1) is 18.8. The highest BCUT2D eigenvalue weighted by molar-refractivity contribution is 8.02. The van der Waals surface area contributed by atoms with Crippen LogP contribution in [0.15, 0.2) is 81.4 Å². The van der Waals surface area contributed by atoms with Crippen LogP contribution in [0.1, 0.15) is 25.3 Å². The van der Waals surface area contributed by atoms with Gasteiger partial charge in [0, 0.05) is 10.6 Å². The van der Waals surface area contributed by atoms with E-state index >= 15 is 0 Å². The molecule has 1 aromatic heterocycles. The fraction of sp³-hybridized carbons (Fsp3) is 0.238. The first-order valence-corrected chi connectivity index (χ1v) is 10.7. The minimum absolute atomic E-state index is 0.0429. The van der Waals surface area contributed by atoms with Crippen LogP contribution in [-0.2, 0) is 5.75 Å². The Morgan fingerprint density at radius 3 is 2.35 bits per heavy atom. The Morgan fingerprint density at radius 1 is 0.962 bits per heavy atom. The molecule has 26 heavy (non-hydrogen) atoms. The van der Waals surface area contributed by atoms with Crippen LogP contribution in [0.25, 0.3) is 5.69 Å². The van der Waals surface area contributed by atoms with Gasteiger partial charge in [0.25, 0.3) is 5.56 Å². The van der Waals surface area contributed by atoms with Gasteiger partial charge in [0.15, 0.2) is 0 Å². The van der Waals surface area contributed by atoms with Crippen molar-refractivity contribution in [2.45, 2.75) is 35.3 Å². The summed E-state index contributed by atoms with van der Waals surface area (Å²) in [5, 5.41) is 4.41. The number of nitrogens with zero attached hydrogens (tertiary/aromatic N) is 2. The van der Waals surface area contributed by atoms with Gasteiger partial charge in [-0.15, -0.1) is 23.5 Å². The second-order valence-electron chi connectivity index (χ2n) is 5.87. The maximum atomic E-state index is 13.1. The van der Waals surface area contributed by atoms with Gasteiger partial charge in [-0.3, -0.25) is 4.79 Å². The molecule has 0 saturated carbocycles. The summed E-state index contributed by atoms with van der Waals surface area (Å²) in [6.07, 6.45) is 4.12. The summed E-state index contributed by atoms with van der Waals surface area (Å²) in [4.78, 5) is 14.9. The number of hydrogen-bond acceptors (Lipinski definition) is 4. The molecule has 2 aromatic carbocycles. The number of aromatic nitrogens is 2. The fourth-order valence-electron chi connectivity index (χ4n) is 2.47. The second kappa shape index (κ2) is 9.64. The van der Waals surface area contributed by atoms with Crippen molar-refractivity contribution in [2.24, 2.45) is 0 Å². The second-order valence-corrected chi connectivity index (χ2v) is 7.99. The van der Waals surface area contributed by atoms with Crippen LogP contribution in [0.3, 0.4) is 0 Å². The zero-order valence-electron chi connectivity index (χ0n) is 14.8. The summed E-state index contributed by atoms with van der Waals surface area (Å²) in [5.41, 5.74) is 1.97. The molecule has 0 fully saturated rings. The third-order valence-corrected chi connectivity index (χ3v) is 6.29. The van der Waals surface area contributed by atoms with E-state index in [4.69, 9.17) is 0 Å². The standard InChI is InChI=1S/C21H22N2OS2/c1-2-3-14-25-19-15-22-23(18-12-8-5-9-13-18)21(24)20(19)26-16-17-10-6-4-7-11-17/h4-13,15H,2-3,14,16H2,1H3. The van der Waals surface area contributed by atoms with Gasteiger partial charge in [-0.05, 0) is 29.9 Å². The Morgan fingerprint density at radius 2 is 1.65 bits per heavy atom. The Kier molecular flexibility index (Phi) is 6.97. The van der Waals surface area contributed by atoms with Crippen molar-refractivity contribution in [3.8, 4) is 5.69 Å². The molecule has 3 rings (SSSR count). The predicted octanol–water partition coefficient (Wildman–Crippen LogP) is 5.42. The van der Waals surface area contributed by atoms with E-state index in [1.165, 1.54) is 10.2 Å². The zero-order valence-corrected chi connectivity index (χ0v) is 16.4. The molecule has 134 valence electrons. The molecule has 5 heteroatoms. The van der Waals surface area contributed by atoms with E-state index in [-0.39, 0.29) is 5.56 Å². The minimum atomic E-state index is -0.0429. The molecule has 0 bridgehead atoms. The van der Waals surface area contributed by atoms with E-state index in [1.54, 1.807) is 23.5 Å². The fourth-order valence-corrected chi connectivity index (χ4v) is 4.72. The molecule has 0 spiro atoms. The van der Waals surface area contributed by atoms with Gasteiger partial charge < -0.3 is 0 Å². The summed E-state index contributed by atoms with van der Waals surface area (Å²) in [5.74, 6) is 1.78. The van der Waals surface area contributed by atoms with Crippen LogP contribution < -0.4 is 5.56 Å². The molecule has 0 aliphatic rings. The number of unbranched alkanes of at least 4 members (excludes halogenated alkanes) is 1. The molecule has 3 nitrogen and oxygen atoms in total. The van der Waals surface area contributed by atoms with Crippen molar-refractivity contribution >= 4 is 23.5 Å². The van der Waals surface area contributed by atoms with Crippen molar-refractivity contribution < 1.29 is 0 Å². The van der Waals surface area contributed by atoms with Crippen LogP contribution in [-0.4, -0.2) is 15.5 Å². The van der Waals surface area contributed by atoms with Crippen LogP contribution in [0.4, 0.5) is 0 Å². The molecule has 0 radical (unpaired) electrons. The third kappa shape index (κ3) is 4.80. The lowest BCUT2D eigenvalue weighted by Gasteiger charge is -2.11. The van der Waals surface area contributed by atoms with Crippen molar-refractivity contribution in [3.63, 3.8) is 0 Å². The average Bonchev–Trinajstić information content (AvgIpc) is 2.69. The van der Waals surface area contributed by atoms with Gasteiger partial charge in [0.1, 0.15) is 0 Å². The summed E-state index contributed by atoms with van der Waals surface area (Å²) in [6, 6.07) is 19.8. The minimum Gasteiger partial charge on any atom is -0.266 e. The Balaban J connectivity index is 1.92. The summed E-state index contributed by atoms with van der Waals surface area (Å²) in [7, 11) is 0. The molecule has 1 heterocycles. The lowest BCUT2D eigenvalue weighted by atomic mass is 10.2. The molecule has 3 aromatic rings. The number of thioether (sulfide) groups is 2. The first-order valence-electron chi connectivity index (χ1n) is 8.77. The van der Waals surface area contributed by atoms with Crippen molar-refractivity contribution in [1.82, 2.24) is 9.78 Å². The molecule has 0 atom stereocenters. The molecular formula is C21H22N2OS2. The quantitative estimate of drug-likeness (QED) is 0.385. The van der Waals surface area contributed by atoms with Gasteiger partial charge in [-0.2, -0.15) is 9.78 Å². The van der Waals surface area contributed by atoms with Crippen molar-refractivity contribution in [2.75, 3.05) is 5.75 Å². The largest absolute Gasteiger partial charge is 0.286 e. The molecule has 0 amide bonds. The van der Waals surface area contributed by atoms with Crippen molar-refractivity contribution in [3.05, 3.63) is 82.8 Å². The van der Waals surface area contributed by atoms with Crippen molar-refractivity contribution in [1.29, 1.82) is 0 Å². The number of hydrogen-bond donors (Lipinski definition) is 0. The summed E-state index contributed by atoms with van der Waals surface area (Å²) >= 11 is 3.33. The van der Waals surface area contributed by atoms with Crippen LogP contribution in [0.5, 0.6) is 0 Å². The van der Waals surface area contributed by atoms with Crippen LogP contribution in [0, 0.1) is 0 Å². The maximum Gasteiger partial charge on any atom is 0.286 e. The Hall–Kier alpha value is -1.98. The summed E-state index contributed by atoms with van der Waals surface area (Å²) in [6.45, 7) is 2.18. The zero-order chi connectivity index (χ0) is 18.2. The Bertz CT molecular complexity index is 880. The first-order chi connectivity index (χ1) is 12.8. The molecular weight excluding hydrogens is 360 g/mol. The van der Waals surface area contributed by atoms with Gasteiger partial charge in [0.2, 0.25) is 0 Å². The van der Waals surface area contributed by atoms with Gasteiger partial charge in [-0.25, -0.2) is 0 Å². The van der Waals surface area contributed by atoms with Gasteiger partial charge in [0.05, 0.1) is 16.8 Å². The summed E-state index contributed by atoms with van der Waals surface area (Å²) < 4.78 is 1.50. The van der Waals surface area contributed by atoms with Crippen LogP contribution in [0.2, 0.25) is 0 Å². The van der Waals surface area contributed by atoms with E-state index in [9.17, 15) is 4.79 Å². The average molecular weight is 383 g/mol. The smallest absolute Gasteiger partial charge is 0.266 e. The number of para-hydroxylation sites is 1. The van der Waals surface area contributed by atoms with Gasteiger partial charge in [-0.1, -0.05) is 61.9 Å². The third-order valence-electron chi connectivity index (χ3n) is 3.88. The van der Waals surface area contributed by atoms with Crippen LogP contribution >= 0.6 is 23.5 Å². The molecule has 0 saturated heterocycles. The highest BCUT2D eigenvalue weighted by Crippen LogP contribution is 2.30. The van der Waals surface area contributed by atoms with E-state index in [2.05, 4.69) is 24.2 Å². The highest BCUT2D eigenvalue weighted by Gasteiger charge is 2.14. The normalized spacial score (nSPS) is 10.8. The van der Waals surface area contributed by atoms with E-state index in [1.807, 2.05) is 54.7 Å². The Labute approximate surface area is 162 Å². The highest BCUT2D eigenvalue weighted by atomic mass is 32.2. The number of benzene rings is 2. The number of rotatable bonds is 8.